The van der Waals surface area contributed by atoms with E-state index < -0.39 is 0 Å². The van der Waals surface area contributed by atoms with Gasteiger partial charge in [0.25, 0.3) is 0 Å². The molecule has 0 fully saturated rings. The summed E-state index contributed by atoms with van der Waals surface area (Å²) in [4.78, 5) is 7.88. The molecule has 7 nitrogen and oxygen atoms in total. The Labute approximate surface area is 98.0 Å². The molecule has 2 heterocycles. The van der Waals surface area contributed by atoms with Gasteiger partial charge in [0.05, 0.1) is 19.3 Å². The molecule has 0 spiro atoms. The van der Waals surface area contributed by atoms with E-state index in [4.69, 9.17) is 15.0 Å². The van der Waals surface area contributed by atoms with Crippen molar-refractivity contribution in [2.75, 3.05) is 18.2 Å². The summed E-state index contributed by atoms with van der Waals surface area (Å²) in [6.45, 7) is 2.31. The number of nitrogens with one attached hydrogen (secondary N) is 1. The molecule has 0 atom stereocenters. The van der Waals surface area contributed by atoms with Crippen molar-refractivity contribution in [1.82, 2.24) is 15.1 Å². The molecule has 90 valence electrons. The van der Waals surface area contributed by atoms with Crippen LogP contribution >= 0.6 is 0 Å². The molecule has 0 radical (unpaired) electrons. The molecule has 0 saturated carbocycles. The minimum atomic E-state index is 0.291. The maximum Gasteiger partial charge on any atom is 0.203 e. The van der Waals surface area contributed by atoms with Gasteiger partial charge in [-0.15, -0.1) is 0 Å². The fourth-order valence-corrected chi connectivity index (χ4v) is 1.38. The van der Waals surface area contributed by atoms with Crippen molar-refractivity contribution in [2.24, 2.45) is 0 Å². The van der Waals surface area contributed by atoms with Gasteiger partial charge in [0.2, 0.25) is 5.75 Å². The van der Waals surface area contributed by atoms with Crippen LogP contribution in [0, 0.1) is 6.92 Å². The van der Waals surface area contributed by atoms with E-state index in [1.165, 1.54) is 13.4 Å². The van der Waals surface area contributed by atoms with E-state index in [1.807, 2.05) is 13.0 Å². The lowest BCUT2D eigenvalue weighted by atomic mass is 10.4. The number of nitrogens with zero attached hydrogens (tertiary/aromatic N) is 3. The molecular weight excluding hydrogens is 222 g/mol. The summed E-state index contributed by atoms with van der Waals surface area (Å²) in [7, 11) is 1.51. The maximum atomic E-state index is 5.65. The summed E-state index contributed by atoms with van der Waals surface area (Å²) >= 11 is 0. The molecule has 0 aliphatic rings. The highest BCUT2D eigenvalue weighted by molar-refractivity contribution is 5.61. The van der Waals surface area contributed by atoms with Gasteiger partial charge in [-0.3, -0.25) is 0 Å². The van der Waals surface area contributed by atoms with Crippen LogP contribution in [0.1, 0.15) is 11.5 Å². The molecule has 0 saturated heterocycles. The third-order valence-corrected chi connectivity index (χ3v) is 2.14. The first kappa shape index (κ1) is 11.2. The minimum absolute atomic E-state index is 0.291. The van der Waals surface area contributed by atoms with Crippen molar-refractivity contribution in [2.45, 2.75) is 13.5 Å². The third kappa shape index (κ3) is 2.44. The lowest BCUT2D eigenvalue weighted by molar-refractivity contribution is 0.383. The van der Waals surface area contributed by atoms with Crippen molar-refractivity contribution in [3.8, 4) is 5.75 Å². The number of nitrogen functional groups attached to an aromatic ring is 1. The lowest BCUT2D eigenvalue weighted by Gasteiger charge is -2.09. The first-order valence-electron chi connectivity index (χ1n) is 5.01. The molecule has 0 aliphatic carbocycles. The molecule has 2 aromatic heterocycles. The Kier molecular flexibility index (Phi) is 3.08. The van der Waals surface area contributed by atoms with Crippen LogP contribution in [0.4, 0.5) is 11.6 Å². The Hall–Kier alpha value is -2.31. The van der Waals surface area contributed by atoms with Crippen LogP contribution in [-0.4, -0.2) is 22.2 Å². The first-order valence-corrected chi connectivity index (χ1v) is 5.01. The SMILES string of the molecule is COc1c(N)ncnc1NCc1cc(C)no1. The molecule has 0 aliphatic heterocycles. The number of ether oxygens (including phenoxy) is 1. The second-order valence-corrected chi connectivity index (χ2v) is 3.43. The van der Waals surface area contributed by atoms with E-state index >= 15 is 0 Å². The van der Waals surface area contributed by atoms with E-state index in [9.17, 15) is 0 Å². The topological polar surface area (TPSA) is 99.1 Å². The summed E-state index contributed by atoms with van der Waals surface area (Å²) in [5.41, 5.74) is 6.48. The van der Waals surface area contributed by atoms with E-state index in [1.54, 1.807) is 0 Å². The van der Waals surface area contributed by atoms with Gasteiger partial charge in [-0.2, -0.15) is 0 Å². The van der Waals surface area contributed by atoms with Gasteiger partial charge in [-0.05, 0) is 6.92 Å². The summed E-state index contributed by atoms with van der Waals surface area (Å²) in [6, 6.07) is 1.84. The summed E-state index contributed by atoms with van der Waals surface area (Å²) in [6.07, 6.45) is 1.37. The Morgan fingerprint density at radius 3 is 2.94 bits per heavy atom. The Morgan fingerprint density at radius 1 is 1.47 bits per heavy atom. The van der Waals surface area contributed by atoms with Crippen LogP contribution in [-0.2, 0) is 6.54 Å². The first-order chi connectivity index (χ1) is 8.20. The minimum Gasteiger partial charge on any atom is -0.490 e. The van der Waals surface area contributed by atoms with E-state index in [0.717, 1.165) is 5.69 Å². The van der Waals surface area contributed by atoms with Gasteiger partial charge in [0, 0.05) is 6.07 Å². The van der Waals surface area contributed by atoms with Gasteiger partial charge in [0.1, 0.15) is 6.33 Å². The number of rotatable bonds is 4. The van der Waals surface area contributed by atoms with Gasteiger partial charge >= 0.3 is 0 Å². The Balaban J connectivity index is 2.11. The number of nitrogens with two attached hydrogens (primary N) is 1. The second kappa shape index (κ2) is 4.69. The van der Waals surface area contributed by atoms with Crippen molar-refractivity contribution in [3.05, 3.63) is 23.8 Å². The number of anilines is 2. The number of hydrogen-bond donors (Lipinski definition) is 2. The highest BCUT2D eigenvalue weighted by Crippen LogP contribution is 2.26. The summed E-state index contributed by atoms with van der Waals surface area (Å²) in [5.74, 6) is 1.94. The van der Waals surface area contributed by atoms with Crippen molar-refractivity contribution >= 4 is 11.6 Å². The smallest absolute Gasteiger partial charge is 0.203 e. The molecule has 0 aromatic carbocycles. The van der Waals surface area contributed by atoms with E-state index in [2.05, 4.69) is 20.4 Å². The normalized spacial score (nSPS) is 10.2. The van der Waals surface area contributed by atoms with Crippen LogP contribution in [0.2, 0.25) is 0 Å². The standard InChI is InChI=1S/C10H13N5O2/c1-6-3-7(17-15-6)4-12-10-8(16-2)9(11)13-5-14-10/h3,5H,4H2,1-2H3,(H3,11,12,13,14). The molecule has 17 heavy (non-hydrogen) atoms. The molecule has 2 rings (SSSR count). The van der Waals surface area contributed by atoms with E-state index in [0.29, 0.717) is 29.7 Å². The molecular formula is C10H13N5O2. The van der Waals surface area contributed by atoms with Gasteiger partial charge in [0.15, 0.2) is 17.4 Å². The average molecular weight is 235 g/mol. The maximum absolute atomic E-state index is 5.65. The van der Waals surface area contributed by atoms with Crippen LogP contribution < -0.4 is 15.8 Å². The van der Waals surface area contributed by atoms with Crippen LogP contribution in [0.25, 0.3) is 0 Å². The summed E-state index contributed by atoms with van der Waals surface area (Å²) in [5, 5.41) is 6.83. The lowest BCUT2D eigenvalue weighted by Crippen LogP contribution is -2.05. The zero-order valence-electron chi connectivity index (χ0n) is 9.60. The highest BCUT2D eigenvalue weighted by atomic mass is 16.5. The Morgan fingerprint density at radius 2 is 2.29 bits per heavy atom. The van der Waals surface area contributed by atoms with E-state index in [-0.39, 0.29) is 0 Å². The predicted octanol–water partition coefficient (Wildman–Crippen LogP) is 0.976. The number of hydrogen-bond acceptors (Lipinski definition) is 7. The number of aromatic nitrogens is 3. The molecule has 2 aromatic rings. The molecule has 0 unspecified atom stereocenters. The molecule has 0 amide bonds. The summed E-state index contributed by atoms with van der Waals surface area (Å²) < 4.78 is 10.2. The van der Waals surface area contributed by atoms with Crippen LogP contribution in [0.15, 0.2) is 16.9 Å². The largest absolute Gasteiger partial charge is 0.490 e. The fraction of sp³-hybridized carbons (Fsp3) is 0.300. The van der Waals surface area contributed by atoms with Crippen molar-refractivity contribution in [1.29, 1.82) is 0 Å². The molecule has 0 bridgehead atoms. The van der Waals surface area contributed by atoms with Gasteiger partial charge in [-0.25, -0.2) is 9.97 Å². The van der Waals surface area contributed by atoms with Crippen LogP contribution in [0.5, 0.6) is 5.75 Å². The van der Waals surface area contributed by atoms with Crippen molar-refractivity contribution in [3.63, 3.8) is 0 Å². The van der Waals surface area contributed by atoms with Gasteiger partial charge < -0.3 is 20.3 Å². The quantitative estimate of drug-likeness (QED) is 0.814. The monoisotopic (exact) mass is 235 g/mol. The fourth-order valence-electron chi connectivity index (χ4n) is 1.38. The zero-order valence-corrected chi connectivity index (χ0v) is 9.60. The third-order valence-electron chi connectivity index (χ3n) is 2.14. The predicted molar refractivity (Wildman–Crippen MR) is 61.6 cm³/mol. The second-order valence-electron chi connectivity index (χ2n) is 3.43. The average Bonchev–Trinajstić information content (AvgIpc) is 2.72. The van der Waals surface area contributed by atoms with Gasteiger partial charge in [-0.1, -0.05) is 5.16 Å². The molecule has 7 heteroatoms. The van der Waals surface area contributed by atoms with Crippen molar-refractivity contribution < 1.29 is 9.26 Å². The number of aryl methyl sites for hydroxylation is 1. The van der Waals surface area contributed by atoms with Crippen LogP contribution in [0.3, 0.4) is 0 Å². The number of methoxy groups -OCH3 is 1. The highest BCUT2D eigenvalue weighted by Gasteiger charge is 2.09. The molecule has 3 N–H and O–H groups in total. The Bertz CT molecular complexity index is 511. The zero-order chi connectivity index (χ0) is 12.3.